The van der Waals surface area contributed by atoms with E-state index in [1.807, 2.05) is 24.3 Å². The van der Waals surface area contributed by atoms with Gasteiger partial charge in [0.25, 0.3) is 16.8 Å². The summed E-state index contributed by atoms with van der Waals surface area (Å²) >= 11 is 0.602. The number of imide groups is 1. The zero-order chi connectivity index (χ0) is 24.4. The van der Waals surface area contributed by atoms with E-state index < -0.39 is 22.6 Å². The van der Waals surface area contributed by atoms with Crippen molar-refractivity contribution < 1.29 is 29.2 Å². The molecule has 2 aliphatic heterocycles. The van der Waals surface area contributed by atoms with Gasteiger partial charge in [-0.3, -0.25) is 29.4 Å². The molecule has 0 aliphatic carbocycles. The molecule has 0 radical (unpaired) electrons. The van der Waals surface area contributed by atoms with Crippen LogP contribution in [0.2, 0.25) is 0 Å². The monoisotopic (exact) mass is 483 g/mol. The maximum atomic E-state index is 12.9. The molecule has 0 saturated carbocycles. The molecule has 2 heterocycles. The van der Waals surface area contributed by atoms with E-state index in [1.165, 1.54) is 11.6 Å². The van der Waals surface area contributed by atoms with E-state index in [-0.39, 0.29) is 40.2 Å². The molecule has 2 aliphatic rings. The number of carbonyl (C=O) groups is 3. The summed E-state index contributed by atoms with van der Waals surface area (Å²) in [7, 11) is 0. The number of nitro groups is 1. The number of fused-ring (bicyclic) bond motifs is 1. The van der Waals surface area contributed by atoms with Gasteiger partial charge in [-0.05, 0) is 42.3 Å². The van der Waals surface area contributed by atoms with Gasteiger partial charge >= 0.3 is 0 Å². The zero-order valence-electron chi connectivity index (χ0n) is 18.2. The first kappa shape index (κ1) is 23.3. The van der Waals surface area contributed by atoms with Gasteiger partial charge in [0, 0.05) is 24.7 Å². The first-order valence-electron chi connectivity index (χ1n) is 10.5. The Morgan fingerprint density at radius 2 is 2.00 bits per heavy atom. The molecular formula is C23H21N3O7S. The Bertz CT molecular complexity index is 1230. The number of hydrogen-bond donors (Lipinski definition) is 1. The summed E-state index contributed by atoms with van der Waals surface area (Å²) in [4.78, 5) is 51.2. The van der Waals surface area contributed by atoms with Crippen molar-refractivity contribution in [3.8, 4) is 11.5 Å². The lowest BCUT2D eigenvalue weighted by Gasteiger charge is -2.29. The molecule has 0 aromatic heterocycles. The number of amides is 3. The normalized spacial score (nSPS) is 16.7. The highest BCUT2D eigenvalue weighted by Crippen LogP contribution is 2.39. The smallest absolute Gasteiger partial charge is 0.294 e. The van der Waals surface area contributed by atoms with Crippen molar-refractivity contribution in [2.24, 2.45) is 0 Å². The number of thioether (sulfide) groups is 1. The lowest BCUT2D eigenvalue weighted by atomic mass is 10.00. The van der Waals surface area contributed by atoms with Gasteiger partial charge in [0.05, 0.1) is 22.5 Å². The second-order valence-electron chi connectivity index (χ2n) is 7.67. The predicted octanol–water partition coefficient (Wildman–Crippen LogP) is 3.32. The largest absolute Gasteiger partial charge is 0.504 e. The number of rotatable bonds is 6. The van der Waals surface area contributed by atoms with Gasteiger partial charge in [0.15, 0.2) is 11.5 Å². The molecule has 1 fully saturated rings. The van der Waals surface area contributed by atoms with Crippen molar-refractivity contribution in [2.45, 2.75) is 19.9 Å². The summed E-state index contributed by atoms with van der Waals surface area (Å²) in [6.07, 6.45) is 1.88. The van der Waals surface area contributed by atoms with Crippen molar-refractivity contribution in [3.63, 3.8) is 0 Å². The number of hydrogen-bond acceptors (Lipinski definition) is 8. The molecule has 1 N–H and O–H groups in total. The van der Waals surface area contributed by atoms with Crippen LogP contribution in [0, 0.1) is 10.1 Å². The number of benzene rings is 2. The summed E-state index contributed by atoms with van der Waals surface area (Å²) in [5.41, 5.74) is 1.82. The van der Waals surface area contributed by atoms with Crippen LogP contribution in [0.15, 0.2) is 41.3 Å². The molecule has 34 heavy (non-hydrogen) atoms. The van der Waals surface area contributed by atoms with Crippen LogP contribution in [-0.2, 0) is 22.6 Å². The first-order valence-corrected chi connectivity index (χ1v) is 11.3. The maximum Gasteiger partial charge on any atom is 0.294 e. The number of nitrogens with zero attached hydrogens (tertiary/aromatic N) is 3. The van der Waals surface area contributed by atoms with Crippen LogP contribution in [0.4, 0.5) is 10.5 Å². The molecule has 10 nitrogen and oxygen atoms in total. The van der Waals surface area contributed by atoms with E-state index in [1.54, 1.807) is 11.8 Å². The van der Waals surface area contributed by atoms with Crippen LogP contribution in [0.5, 0.6) is 11.5 Å². The predicted molar refractivity (Wildman–Crippen MR) is 124 cm³/mol. The summed E-state index contributed by atoms with van der Waals surface area (Å²) in [6, 6.07) is 9.96. The van der Waals surface area contributed by atoms with E-state index >= 15 is 0 Å². The van der Waals surface area contributed by atoms with Gasteiger partial charge < -0.3 is 14.7 Å². The van der Waals surface area contributed by atoms with E-state index in [0.717, 1.165) is 22.6 Å². The fourth-order valence-corrected chi connectivity index (χ4v) is 4.65. The topological polar surface area (TPSA) is 130 Å². The van der Waals surface area contributed by atoms with E-state index in [9.17, 15) is 29.6 Å². The minimum Gasteiger partial charge on any atom is -0.504 e. The van der Waals surface area contributed by atoms with Crippen molar-refractivity contribution in [2.75, 3.05) is 19.7 Å². The molecule has 0 spiro atoms. The molecule has 176 valence electrons. The highest BCUT2D eigenvalue weighted by Gasteiger charge is 2.38. The molecule has 2 aromatic rings. The number of phenolic OH excluding ortho intramolecular Hbond substituents is 1. The Balaban J connectivity index is 1.53. The Labute approximate surface area is 198 Å². The maximum absolute atomic E-state index is 12.9. The SMILES string of the molecule is CCOc1cc([N+](=O)[O-])cc(C=C2SC(=O)N(CC(=O)N3CCc4ccccc4C3)C2=O)c1O. The molecule has 0 atom stereocenters. The lowest BCUT2D eigenvalue weighted by Crippen LogP contribution is -2.44. The summed E-state index contributed by atoms with van der Waals surface area (Å²) < 4.78 is 5.24. The average Bonchev–Trinajstić information content (AvgIpc) is 3.08. The molecule has 0 unspecified atom stereocenters. The van der Waals surface area contributed by atoms with Crippen LogP contribution in [0.25, 0.3) is 6.08 Å². The number of carbonyl (C=O) groups excluding carboxylic acids is 3. The van der Waals surface area contributed by atoms with Crippen molar-refractivity contribution >= 4 is 40.6 Å². The van der Waals surface area contributed by atoms with Gasteiger partial charge in [-0.25, -0.2) is 0 Å². The summed E-state index contributed by atoms with van der Waals surface area (Å²) in [5, 5.41) is 21.0. The lowest BCUT2D eigenvalue weighted by molar-refractivity contribution is -0.385. The van der Waals surface area contributed by atoms with Crippen LogP contribution in [-0.4, -0.2) is 56.6 Å². The van der Waals surface area contributed by atoms with Gasteiger partial charge in [-0.15, -0.1) is 0 Å². The minimum atomic E-state index is -0.704. The van der Waals surface area contributed by atoms with Crippen molar-refractivity contribution in [3.05, 3.63) is 68.1 Å². The van der Waals surface area contributed by atoms with Gasteiger partial charge in [-0.2, -0.15) is 0 Å². The Morgan fingerprint density at radius 3 is 2.71 bits per heavy atom. The molecule has 11 heteroatoms. The molecule has 3 amide bonds. The Hall–Kier alpha value is -3.86. The quantitative estimate of drug-likeness (QED) is 0.376. The van der Waals surface area contributed by atoms with Gasteiger partial charge in [0.2, 0.25) is 5.91 Å². The average molecular weight is 484 g/mol. The molecule has 0 bridgehead atoms. The zero-order valence-corrected chi connectivity index (χ0v) is 19.0. The Kier molecular flexibility index (Phi) is 6.55. The van der Waals surface area contributed by atoms with Crippen LogP contribution in [0.1, 0.15) is 23.6 Å². The second-order valence-corrected chi connectivity index (χ2v) is 8.67. The third-order valence-electron chi connectivity index (χ3n) is 5.54. The fourth-order valence-electron chi connectivity index (χ4n) is 3.82. The molecule has 4 rings (SSSR count). The van der Waals surface area contributed by atoms with Crippen LogP contribution < -0.4 is 4.74 Å². The summed E-state index contributed by atoms with van der Waals surface area (Å²) in [5.74, 6) is -1.55. The highest BCUT2D eigenvalue weighted by atomic mass is 32.2. The van der Waals surface area contributed by atoms with Crippen LogP contribution in [0.3, 0.4) is 0 Å². The number of ether oxygens (including phenoxy) is 1. The highest BCUT2D eigenvalue weighted by molar-refractivity contribution is 8.18. The van der Waals surface area contributed by atoms with E-state index in [0.29, 0.717) is 31.3 Å². The molecule has 2 aromatic carbocycles. The van der Waals surface area contributed by atoms with Gasteiger partial charge in [-0.1, -0.05) is 24.3 Å². The Morgan fingerprint density at radius 1 is 1.26 bits per heavy atom. The standard InChI is InChI=1S/C23H21N3O7S/c1-2-33-18-11-17(26(31)32)9-16(21(18)28)10-19-22(29)25(23(30)34-19)13-20(27)24-8-7-14-5-3-4-6-15(14)12-24/h3-6,9-11,28H,2,7-8,12-13H2,1H3. The number of aromatic hydroxyl groups is 1. The fraction of sp³-hybridized carbons (Fsp3) is 0.261. The third-order valence-corrected chi connectivity index (χ3v) is 6.44. The minimum absolute atomic E-state index is 0.0397. The number of nitro benzene ring substituents is 1. The molecular weight excluding hydrogens is 462 g/mol. The van der Waals surface area contributed by atoms with Gasteiger partial charge in [0.1, 0.15) is 6.54 Å². The van der Waals surface area contributed by atoms with Crippen LogP contribution >= 0.6 is 11.8 Å². The summed E-state index contributed by atoms with van der Waals surface area (Å²) in [6.45, 7) is 2.30. The first-order chi connectivity index (χ1) is 16.3. The second kappa shape index (κ2) is 9.56. The third kappa shape index (κ3) is 4.60. The van der Waals surface area contributed by atoms with E-state index in [4.69, 9.17) is 4.74 Å². The number of phenols is 1. The van der Waals surface area contributed by atoms with Crippen molar-refractivity contribution in [1.82, 2.24) is 9.80 Å². The van der Waals surface area contributed by atoms with Crippen molar-refractivity contribution in [1.29, 1.82) is 0 Å². The van der Waals surface area contributed by atoms with E-state index in [2.05, 4.69) is 0 Å². The molecule has 1 saturated heterocycles. The number of non-ortho nitro benzene ring substituents is 1.